The van der Waals surface area contributed by atoms with Gasteiger partial charge in [-0.2, -0.15) is 0 Å². The van der Waals surface area contributed by atoms with E-state index in [2.05, 4.69) is 25.3 Å². The van der Waals surface area contributed by atoms with Gasteiger partial charge in [0, 0.05) is 29.5 Å². The van der Waals surface area contributed by atoms with Gasteiger partial charge in [-0.1, -0.05) is 6.07 Å². The Morgan fingerprint density at radius 2 is 2.04 bits per heavy atom. The normalized spacial score (nSPS) is 10.9. The number of nitrogens with one attached hydrogen (secondary N) is 2. The Morgan fingerprint density at radius 1 is 1.08 bits per heavy atom. The Hall–Kier alpha value is -3.28. The molecule has 0 aliphatic carbocycles. The van der Waals surface area contributed by atoms with Crippen molar-refractivity contribution < 1.29 is 4.39 Å². The van der Waals surface area contributed by atoms with Crippen molar-refractivity contribution >= 4 is 16.9 Å². The van der Waals surface area contributed by atoms with E-state index in [-0.39, 0.29) is 5.82 Å². The maximum Gasteiger partial charge on any atom is 0.149 e. The third-order valence-electron chi connectivity index (χ3n) is 3.77. The lowest BCUT2D eigenvalue weighted by Crippen LogP contribution is -2.03. The molecule has 0 radical (unpaired) electrons. The van der Waals surface area contributed by atoms with Gasteiger partial charge in [0.25, 0.3) is 0 Å². The summed E-state index contributed by atoms with van der Waals surface area (Å²) >= 11 is 0. The van der Waals surface area contributed by atoms with E-state index in [0.717, 1.165) is 16.6 Å². The monoisotopic (exact) mass is 319 g/mol. The smallest absolute Gasteiger partial charge is 0.149 e. The molecule has 4 rings (SSSR count). The highest BCUT2D eigenvalue weighted by atomic mass is 19.1. The van der Waals surface area contributed by atoms with E-state index < -0.39 is 0 Å². The van der Waals surface area contributed by atoms with Crippen LogP contribution in [0, 0.1) is 5.82 Å². The maximum absolute atomic E-state index is 14.2. The van der Waals surface area contributed by atoms with Crippen LogP contribution < -0.4 is 5.32 Å². The van der Waals surface area contributed by atoms with Crippen LogP contribution in [0.25, 0.3) is 22.2 Å². The summed E-state index contributed by atoms with van der Waals surface area (Å²) in [5.74, 6) is 0.295. The van der Waals surface area contributed by atoms with E-state index in [1.165, 1.54) is 6.20 Å². The van der Waals surface area contributed by atoms with Crippen LogP contribution in [0.5, 0.6) is 0 Å². The van der Waals surface area contributed by atoms with Crippen LogP contribution in [-0.4, -0.2) is 19.9 Å². The molecule has 4 heterocycles. The number of aromatic nitrogens is 4. The van der Waals surface area contributed by atoms with E-state index in [1.54, 1.807) is 24.7 Å². The zero-order valence-corrected chi connectivity index (χ0v) is 12.7. The number of H-pyrrole nitrogens is 1. The third-order valence-corrected chi connectivity index (χ3v) is 3.77. The van der Waals surface area contributed by atoms with E-state index in [4.69, 9.17) is 0 Å². The minimum absolute atomic E-state index is 0.359. The fraction of sp³-hybridized carbons (Fsp3) is 0.0556. The van der Waals surface area contributed by atoms with Gasteiger partial charge in [-0.3, -0.25) is 9.97 Å². The first-order valence-corrected chi connectivity index (χ1v) is 7.53. The second-order valence-electron chi connectivity index (χ2n) is 5.33. The summed E-state index contributed by atoms with van der Waals surface area (Å²) in [6, 6.07) is 11.1. The first-order chi connectivity index (χ1) is 11.8. The molecule has 6 heteroatoms. The Morgan fingerprint density at radius 3 is 2.88 bits per heavy atom. The van der Waals surface area contributed by atoms with Crippen molar-refractivity contribution in [1.29, 1.82) is 0 Å². The quantitative estimate of drug-likeness (QED) is 0.601. The predicted molar refractivity (Wildman–Crippen MR) is 90.8 cm³/mol. The first kappa shape index (κ1) is 14.3. The third kappa shape index (κ3) is 2.69. The van der Waals surface area contributed by atoms with Crippen molar-refractivity contribution in [3.8, 4) is 11.1 Å². The van der Waals surface area contributed by atoms with E-state index in [1.807, 2.05) is 30.3 Å². The second-order valence-corrected chi connectivity index (χ2v) is 5.33. The lowest BCUT2D eigenvalue weighted by atomic mass is 10.0. The Labute approximate surface area is 137 Å². The fourth-order valence-electron chi connectivity index (χ4n) is 2.63. The van der Waals surface area contributed by atoms with Gasteiger partial charge in [-0.25, -0.2) is 9.37 Å². The number of fused-ring (bicyclic) bond motifs is 1. The molecular weight excluding hydrogens is 305 g/mol. The van der Waals surface area contributed by atoms with E-state index >= 15 is 0 Å². The van der Waals surface area contributed by atoms with Crippen LogP contribution >= 0.6 is 0 Å². The number of hydrogen-bond acceptors (Lipinski definition) is 4. The second kappa shape index (κ2) is 6.08. The van der Waals surface area contributed by atoms with Gasteiger partial charge in [0.15, 0.2) is 0 Å². The molecule has 0 aliphatic heterocycles. The zero-order chi connectivity index (χ0) is 16.4. The van der Waals surface area contributed by atoms with Crippen molar-refractivity contribution in [1.82, 2.24) is 19.9 Å². The molecule has 2 N–H and O–H groups in total. The molecule has 0 atom stereocenters. The van der Waals surface area contributed by atoms with E-state index in [0.29, 0.717) is 23.6 Å². The molecule has 4 aromatic rings. The summed E-state index contributed by atoms with van der Waals surface area (Å²) in [5.41, 5.74) is 2.87. The number of hydrogen-bond donors (Lipinski definition) is 2. The summed E-state index contributed by atoms with van der Waals surface area (Å²) in [7, 11) is 0. The van der Waals surface area contributed by atoms with Crippen molar-refractivity contribution in [3.63, 3.8) is 0 Å². The van der Waals surface area contributed by atoms with Crippen LogP contribution in [0.1, 0.15) is 5.69 Å². The molecular formula is C18H14FN5. The average molecular weight is 319 g/mol. The van der Waals surface area contributed by atoms with Crippen molar-refractivity contribution in [3.05, 3.63) is 72.7 Å². The summed E-state index contributed by atoms with van der Waals surface area (Å²) in [6.07, 6.45) is 6.34. The van der Waals surface area contributed by atoms with Crippen molar-refractivity contribution in [2.45, 2.75) is 6.54 Å². The summed E-state index contributed by atoms with van der Waals surface area (Å²) in [5, 5.41) is 4.11. The van der Waals surface area contributed by atoms with Gasteiger partial charge >= 0.3 is 0 Å². The highest BCUT2D eigenvalue weighted by Gasteiger charge is 2.12. The number of anilines is 1. The highest BCUT2D eigenvalue weighted by molar-refractivity contribution is 5.94. The van der Waals surface area contributed by atoms with Gasteiger partial charge in [0.2, 0.25) is 0 Å². The first-order valence-electron chi connectivity index (χ1n) is 7.53. The fourth-order valence-corrected chi connectivity index (χ4v) is 2.63. The van der Waals surface area contributed by atoms with Gasteiger partial charge in [0.1, 0.15) is 17.3 Å². The lowest BCUT2D eigenvalue weighted by Gasteiger charge is -2.10. The molecule has 118 valence electrons. The Balaban J connectivity index is 1.74. The molecule has 24 heavy (non-hydrogen) atoms. The van der Waals surface area contributed by atoms with Crippen LogP contribution in [0.15, 0.2) is 61.2 Å². The topological polar surface area (TPSA) is 66.5 Å². The molecule has 0 unspecified atom stereocenters. The van der Waals surface area contributed by atoms with Gasteiger partial charge in [-0.05, 0) is 35.9 Å². The average Bonchev–Trinajstić information content (AvgIpc) is 3.09. The minimum atomic E-state index is -0.359. The van der Waals surface area contributed by atoms with Crippen LogP contribution in [0.4, 0.5) is 10.2 Å². The van der Waals surface area contributed by atoms with Crippen LogP contribution in [0.2, 0.25) is 0 Å². The molecule has 0 saturated heterocycles. The molecule has 0 bridgehead atoms. The molecule has 0 spiro atoms. The summed E-state index contributed by atoms with van der Waals surface area (Å²) in [4.78, 5) is 15.7. The minimum Gasteiger partial charge on any atom is -0.364 e. The van der Waals surface area contributed by atoms with Crippen molar-refractivity contribution in [2.75, 3.05) is 5.32 Å². The van der Waals surface area contributed by atoms with Gasteiger partial charge < -0.3 is 10.3 Å². The van der Waals surface area contributed by atoms with Crippen LogP contribution in [0.3, 0.4) is 0 Å². The number of rotatable bonds is 4. The summed E-state index contributed by atoms with van der Waals surface area (Å²) in [6.45, 7) is 0.540. The molecule has 4 aromatic heterocycles. The molecule has 0 aliphatic rings. The number of pyridine rings is 3. The van der Waals surface area contributed by atoms with E-state index in [9.17, 15) is 4.39 Å². The Kier molecular flexibility index (Phi) is 3.63. The molecule has 0 saturated carbocycles. The largest absolute Gasteiger partial charge is 0.364 e. The van der Waals surface area contributed by atoms with Crippen LogP contribution in [-0.2, 0) is 6.54 Å². The Bertz CT molecular complexity index is 981. The maximum atomic E-state index is 14.2. The number of nitrogens with zero attached hydrogens (tertiary/aromatic N) is 3. The standard InChI is InChI=1S/C18H14FN5/c19-16-11-20-7-4-13(16)15-9-17(24-18-14(15)5-8-22-18)23-10-12-3-1-2-6-21-12/h1-9,11H,10H2,(H2,22,23,24). The SMILES string of the molecule is Fc1cnccc1-c1cc(NCc2ccccn2)nc2[nH]ccc12. The summed E-state index contributed by atoms with van der Waals surface area (Å²) < 4.78 is 14.2. The highest BCUT2D eigenvalue weighted by Crippen LogP contribution is 2.31. The molecule has 0 fully saturated rings. The molecule has 0 aromatic carbocycles. The van der Waals surface area contributed by atoms with Gasteiger partial charge in [0.05, 0.1) is 18.4 Å². The van der Waals surface area contributed by atoms with Gasteiger partial charge in [-0.15, -0.1) is 0 Å². The molecule has 5 nitrogen and oxygen atoms in total. The predicted octanol–water partition coefficient (Wildman–Crippen LogP) is 3.77. The zero-order valence-electron chi connectivity index (χ0n) is 12.7. The molecule has 0 amide bonds. The lowest BCUT2D eigenvalue weighted by molar-refractivity contribution is 0.625. The number of aromatic amines is 1. The number of halogens is 1. The van der Waals surface area contributed by atoms with Crippen molar-refractivity contribution in [2.24, 2.45) is 0 Å².